The Kier molecular flexibility index (Phi) is 6.35. The summed E-state index contributed by atoms with van der Waals surface area (Å²) < 4.78 is 0. The van der Waals surface area contributed by atoms with E-state index in [0.29, 0.717) is 0 Å². The van der Waals surface area contributed by atoms with Crippen LogP contribution >= 0.6 is 0 Å². The molecule has 0 unspecified atom stereocenters. The van der Waals surface area contributed by atoms with Gasteiger partial charge in [0.15, 0.2) is 0 Å². The van der Waals surface area contributed by atoms with Crippen molar-refractivity contribution in [2.24, 2.45) is 4.99 Å². The van der Waals surface area contributed by atoms with E-state index in [4.69, 9.17) is 0 Å². The third kappa shape index (κ3) is 4.57. The van der Waals surface area contributed by atoms with Crippen molar-refractivity contribution in [3.8, 4) is 0 Å². The summed E-state index contributed by atoms with van der Waals surface area (Å²) in [6.07, 6.45) is 9.67. The summed E-state index contributed by atoms with van der Waals surface area (Å²) in [6, 6.07) is 6.03. The zero-order chi connectivity index (χ0) is 15.8. The highest BCUT2D eigenvalue weighted by molar-refractivity contribution is 5.82. The van der Waals surface area contributed by atoms with Crippen LogP contribution in [0.15, 0.2) is 72.3 Å². The number of allylic oxidation sites excluding steroid dienone is 6. The highest BCUT2D eigenvalue weighted by atomic mass is 14.7. The van der Waals surface area contributed by atoms with Crippen molar-refractivity contribution in [2.75, 3.05) is 0 Å². The molecule has 0 atom stereocenters. The van der Waals surface area contributed by atoms with E-state index in [1.54, 1.807) is 6.21 Å². The Morgan fingerprint density at radius 3 is 2.43 bits per heavy atom. The molecule has 0 spiro atoms. The minimum Gasteiger partial charge on any atom is -0.261 e. The van der Waals surface area contributed by atoms with Crippen molar-refractivity contribution in [1.29, 1.82) is 0 Å². The molecule has 1 nitrogen and oxygen atoms in total. The summed E-state index contributed by atoms with van der Waals surface area (Å²) >= 11 is 0. The number of benzene rings is 1. The maximum absolute atomic E-state index is 4.32. The van der Waals surface area contributed by atoms with Crippen LogP contribution in [0.4, 0.5) is 5.69 Å². The average Bonchev–Trinajstić information content (AvgIpc) is 2.52. The first-order chi connectivity index (χ1) is 10.0. The molecule has 0 aliphatic rings. The Hall–Kier alpha value is -2.41. The van der Waals surface area contributed by atoms with E-state index in [1.165, 1.54) is 5.57 Å². The van der Waals surface area contributed by atoms with E-state index >= 15 is 0 Å². The number of aliphatic imine (C=N–C) groups is 1. The predicted octanol–water partition coefficient (Wildman–Crippen LogP) is 6.14. The second-order valence-electron chi connectivity index (χ2n) is 4.73. The highest BCUT2D eigenvalue weighted by Crippen LogP contribution is 2.28. The molecule has 1 aromatic rings. The van der Waals surface area contributed by atoms with Gasteiger partial charge in [0.05, 0.1) is 5.69 Å². The number of rotatable bonds is 6. The first-order valence-corrected chi connectivity index (χ1v) is 6.98. The summed E-state index contributed by atoms with van der Waals surface area (Å²) in [7, 11) is 0. The van der Waals surface area contributed by atoms with Gasteiger partial charge in [0.25, 0.3) is 0 Å². The van der Waals surface area contributed by atoms with Gasteiger partial charge in [-0.2, -0.15) is 0 Å². The molecule has 0 fully saturated rings. The fourth-order valence-corrected chi connectivity index (χ4v) is 1.78. The van der Waals surface area contributed by atoms with Crippen molar-refractivity contribution in [1.82, 2.24) is 0 Å². The summed E-state index contributed by atoms with van der Waals surface area (Å²) in [6.45, 7) is 18.0. The molecule has 0 aromatic heterocycles. The lowest BCUT2D eigenvalue weighted by molar-refractivity contribution is 1.46. The van der Waals surface area contributed by atoms with Crippen LogP contribution < -0.4 is 0 Å². The Morgan fingerprint density at radius 2 is 1.86 bits per heavy atom. The summed E-state index contributed by atoms with van der Waals surface area (Å²) in [5, 5.41) is 0. The van der Waals surface area contributed by atoms with E-state index < -0.39 is 0 Å². The molecule has 0 aliphatic heterocycles. The summed E-state index contributed by atoms with van der Waals surface area (Å²) in [4.78, 5) is 4.32. The second-order valence-corrected chi connectivity index (χ2v) is 4.73. The largest absolute Gasteiger partial charge is 0.261 e. The Balaban J connectivity index is 3.05. The van der Waals surface area contributed by atoms with Crippen molar-refractivity contribution in [3.05, 3.63) is 78.4 Å². The predicted molar refractivity (Wildman–Crippen MR) is 97.1 cm³/mol. The lowest BCUT2D eigenvalue weighted by Crippen LogP contribution is -1.87. The van der Waals surface area contributed by atoms with Gasteiger partial charge in [0, 0.05) is 11.8 Å². The summed E-state index contributed by atoms with van der Waals surface area (Å²) in [5.41, 5.74) is 5.95. The smallest absolute Gasteiger partial charge is 0.0698 e. The maximum atomic E-state index is 4.32. The zero-order valence-electron chi connectivity index (χ0n) is 13.2. The molecule has 0 saturated heterocycles. The molecule has 0 saturated carbocycles. The van der Waals surface area contributed by atoms with Crippen LogP contribution in [0.5, 0.6) is 0 Å². The third-order valence-electron chi connectivity index (χ3n) is 3.25. The van der Waals surface area contributed by atoms with E-state index in [2.05, 4.69) is 37.7 Å². The van der Waals surface area contributed by atoms with Crippen molar-refractivity contribution >= 4 is 23.6 Å². The van der Waals surface area contributed by atoms with E-state index in [1.807, 2.05) is 50.3 Å². The molecule has 0 amide bonds. The standard InChI is InChI=1S/C20H23N/c1-7-15(4)10-11-16(5)17(6)19-12-13-20(21-9-3)18(8-2)14-19/h7-14H,2,5-6H2,1,3-4H3/b11-10-,15-7+,21-9?. The molecule has 0 radical (unpaired) electrons. The van der Waals surface area contributed by atoms with Gasteiger partial charge in [0.2, 0.25) is 0 Å². The van der Waals surface area contributed by atoms with Crippen molar-refractivity contribution < 1.29 is 0 Å². The second kappa shape index (κ2) is 8.01. The third-order valence-corrected chi connectivity index (χ3v) is 3.25. The highest BCUT2D eigenvalue weighted by Gasteiger charge is 2.04. The fraction of sp³-hybridized carbons (Fsp3) is 0.150. The fourth-order valence-electron chi connectivity index (χ4n) is 1.78. The van der Waals surface area contributed by atoms with Crippen LogP contribution in [0.3, 0.4) is 0 Å². The van der Waals surface area contributed by atoms with Crippen LogP contribution in [0, 0.1) is 0 Å². The molecule has 108 valence electrons. The van der Waals surface area contributed by atoms with Crippen LogP contribution in [0.25, 0.3) is 11.6 Å². The Morgan fingerprint density at radius 1 is 1.14 bits per heavy atom. The van der Waals surface area contributed by atoms with Gasteiger partial charge < -0.3 is 0 Å². The molecule has 21 heavy (non-hydrogen) atoms. The van der Waals surface area contributed by atoms with Crippen LogP contribution in [0.1, 0.15) is 31.9 Å². The molecule has 1 heteroatoms. The zero-order valence-corrected chi connectivity index (χ0v) is 13.2. The van der Waals surface area contributed by atoms with E-state index in [0.717, 1.165) is 28.0 Å². The van der Waals surface area contributed by atoms with Gasteiger partial charge in [-0.15, -0.1) is 0 Å². The molecule has 1 rings (SSSR count). The van der Waals surface area contributed by atoms with E-state index in [9.17, 15) is 0 Å². The SMILES string of the molecule is C=Cc1cc(C(=C)C(=C)/C=C\C(C)=C\C)ccc1N=CC. The van der Waals surface area contributed by atoms with Gasteiger partial charge in [-0.3, -0.25) is 4.99 Å². The van der Waals surface area contributed by atoms with Gasteiger partial charge in [-0.05, 0) is 49.6 Å². The van der Waals surface area contributed by atoms with Crippen molar-refractivity contribution in [2.45, 2.75) is 20.8 Å². The lowest BCUT2D eigenvalue weighted by Gasteiger charge is -2.09. The van der Waals surface area contributed by atoms with Gasteiger partial charge in [-0.1, -0.05) is 55.7 Å². The van der Waals surface area contributed by atoms with Crippen molar-refractivity contribution in [3.63, 3.8) is 0 Å². The minimum absolute atomic E-state index is 0.901. The van der Waals surface area contributed by atoms with Gasteiger partial charge >= 0.3 is 0 Å². The molecule has 0 bridgehead atoms. The quantitative estimate of drug-likeness (QED) is 0.437. The van der Waals surface area contributed by atoms with Crippen LogP contribution in [-0.2, 0) is 0 Å². The summed E-state index contributed by atoms with van der Waals surface area (Å²) in [5.74, 6) is 0. The first-order valence-electron chi connectivity index (χ1n) is 6.98. The minimum atomic E-state index is 0.901. The van der Waals surface area contributed by atoms with Gasteiger partial charge in [-0.25, -0.2) is 0 Å². The molecule has 1 aromatic carbocycles. The molecular formula is C20H23N. The number of hydrogen-bond acceptors (Lipinski definition) is 1. The lowest BCUT2D eigenvalue weighted by atomic mass is 9.97. The molecule has 0 aliphatic carbocycles. The molecule has 0 heterocycles. The van der Waals surface area contributed by atoms with Gasteiger partial charge in [0.1, 0.15) is 0 Å². The molecule has 0 N–H and O–H groups in total. The number of hydrogen-bond donors (Lipinski definition) is 0. The topological polar surface area (TPSA) is 12.4 Å². The first kappa shape index (κ1) is 16.6. The van der Waals surface area contributed by atoms with Crippen LogP contribution in [-0.4, -0.2) is 6.21 Å². The average molecular weight is 277 g/mol. The maximum Gasteiger partial charge on any atom is 0.0698 e. The van der Waals surface area contributed by atoms with Crippen LogP contribution in [0.2, 0.25) is 0 Å². The Bertz CT molecular complexity index is 640. The van der Waals surface area contributed by atoms with E-state index in [-0.39, 0.29) is 0 Å². The monoisotopic (exact) mass is 277 g/mol. The normalized spacial score (nSPS) is 12.0. The number of nitrogens with zero attached hydrogens (tertiary/aromatic N) is 1. The Labute approximate surface area is 128 Å². The molecular weight excluding hydrogens is 254 g/mol.